The van der Waals surface area contributed by atoms with Crippen LogP contribution in [-0.2, 0) is 17.8 Å². The number of hydrogen-bond acceptors (Lipinski definition) is 7. The third kappa shape index (κ3) is 6.07. The van der Waals surface area contributed by atoms with Crippen LogP contribution in [-0.4, -0.2) is 68.9 Å². The Hall–Kier alpha value is -2.55. The summed E-state index contributed by atoms with van der Waals surface area (Å²) in [6.07, 6.45) is 4.25. The molecule has 33 heavy (non-hydrogen) atoms. The summed E-state index contributed by atoms with van der Waals surface area (Å²) in [6.45, 7) is 3.36. The number of rotatable bonds is 8. The topological polar surface area (TPSA) is 108 Å². The molecule has 8 heteroatoms. The van der Waals surface area contributed by atoms with Crippen LogP contribution in [0.2, 0.25) is 0 Å². The van der Waals surface area contributed by atoms with Gasteiger partial charge in [-0.25, -0.2) is 9.97 Å². The van der Waals surface area contributed by atoms with Gasteiger partial charge in [0.2, 0.25) is 5.91 Å². The van der Waals surface area contributed by atoms with E-state index in [-0.39, 0.29) is 37.0 Å². The molecule has 1 aliphatic carbocycles. The van der Waals surface area contributed by atoms with Gasteiger partial charge in [0.1, 0.15) is 12.4 Å². The van der Waals surface area contributed by atoms with Crippen LogP contribution >= 0.6 is 0 Å². The maximum absolute atomic E-state index is 11.6. The fourth-order valence-electron chi connectivity index (χ4n) is 5.13. The molecule has 2 fully saturated rings. The van der Waals surface area contributed by atoms with Gasteiger partial charge in [-0.3, -0.25) is 4.79 Å². The SMILES string of the molecule is CC(=O)N1CCC(NC2CC(O)C(CO)C2Cc2ccnc(COc3ccccc3)n2)CC1. The summed E-state index contributed by atoms with van der Waals surface area (Å²) in [4.78, 5) is 22.5. The zero-order valence-electron chi connectivity index (χ0n) is 19.1. The van der Waals surface area contributed by atoms with Crippen molar-refractivity contribution in [1.82, 2.24) is 20.2 Å². The highest BCUT2D eigenvalue weighted by atomic mass is 16.5. The third-order valence-corrected chi connectivity index (χ3v) is 6.98. The number of nitrogens with zero attached hydrogens (tertiary/aromatic N) is 3. The van der Waals surface area contributed by atoms with Crippen molar-refractivity contribution in [3.63, 3.8) is 0 Å². The highest BCUT2D eigenvalue weighted by Gasteiger charge is 2.43. The largest absolute Gasteiger partial charge is 0.486 e. The predicted octanol–water partition coefficient (Wildman–Crippen LogP) is 1.56. The van der Waals surface area contributed by atoms with Gasteiger partial charge in [-0.2, -0.15) is 0 Å². The monoisotopic (exact) mass is 454 g/mol. The van der Waals surface area contributed by atoms with Gasteiger partial charge in [0.25, 0.3) is 0 Å². The maximum atomic E-state index is 11.6. The van der Waals surface area contributed by atoms with Gasteiger partial charge >= 0.3 is 0 Å². The molecule has 4 rings (SSSR count). The molecular formula is C25H34N4O4. The fourth-order valence-corrected chi connectivity index (χ4v) is 5.13. The van der Waals surface area contributed by atoms with Crippen LogP contribution in [0.4, 0.5) is 0 Å². The van der Waals surface area contributed by atoms with Crippen molar-refractivity contribution in [3.8, 4) is 5.75 Å². The van der Waals surface area contributed by atoms with Crippen LogP contribution in [0, 0.1) is 11.8 Å². The molecule has 3 N–H and O–H groups in total. The Morgan fingerprint density at radius 2 is 1.94 bits per heavy atom. The van der Waals surface area contributed by atoms with Crippen molar-refractivity contribution in [1.29, 1.82) is 0 Å². The van der Waals surface area contributed by atoms with Gasteiger partial charge in [0.05, 0.1) is 6.10 Å². The number of para-hydroxylation sites is 1. The number of ether oxygens (including phenoxy) is 1. The van der Waals surface area contributed by atoms with Crippen molar-refractivity contribution in [2.45, 2.75) is 57.4 Å². The van der Waals surface area contributed by atoms with E-state index < -0.39 is 6.10 Å². The lowest BCUT2D eigenvalue weighted by Crippen LogP contribution is -2.49. The van der Waals surface area contributed by atoms with E-state index in [1.54, 1.807) is 13.1 Å². The normalized spacial score (nSPS) is 25.8. The van der Waals surface area contributed by atoms with Crippen molar-refractivity contribution < 1.29 is 19.7 Å². The number of benzene rings is 1. The van der Waals surface area contributed by atoms with Crippen molar-refractivity contribution in [3.05, 3.63) is 54.1 Å². The molecule has 1 saturated carbocycles. The van der Waals surface area contributed by atoms with E-state index in [9.17, 15) is 15.0 Å². The van der Waals surface area contributed by atoms with Gasteiger partial charge in [-0.15, -0.1) is 0 Å². The lowest BCUT2D eigenvalue weighted by Gasteiger charge is -2.35. The molecule has 1 saturated heterocycles. The van der Waals surface area contributed by atoms with Gasteiger partial charge in [0.15, 0.2) is 5.82 Å². The van der Waals surface area contributed by atoms with Crippen LogP contribution < -0.4 is 10.1 Å². The fraction of sp³-hybridized carbons (Fsp3) is 0.560. The van der Waals surface area contributed by atoms with Crippen LogP contribution in [0.15, 0.2) is 42.6 Å². The van der Waals surface area contributed by atoms with E-state index >= 15 is 0 Å². The van der Waals surface area contributed by atoms with Gasteiger partial charge in [-0.1, -0.05) is 18.2 Å². The number of aromatic nitrogens is 2. The first-order valence-corrected chi connectivity index (χ1v) is 11.8. The summed E-state index contributed by atoms with van der Waals surface area (Å²) in [5, 5.41) is 24.3. The number of carbonyl (C=O) groups is 1. The molecule has 8 nitrogen and oxygen atoms in total. The van der Waals surface area contributed by atoms with Crippen molar-refractivity contribution in [2.75, 3.05) is 19.7 Å². The smallest absolute Gasteiger partial charge is 0.219 e. The molecule has 2 aliphatic rings. The molecule has 0 radical (unpaired) electrons. The Balaban J connectivity index is 1.39. The van der Waals surface area contributed by atoms with Gasteiger partial charge < -0.3 is 25.2 Å². The quantitative estimate of drug-likeness (QED) is 0.556. The maximum Gasteiger partial charge on any atom is 0.219 e. The number of nitrogens with one attached hydrogen (secondary N) is 1. The number of amides is 1. The highest BCUT2D eigenvalue weighted by Crippen LogP contribution is 2.35. The Morgan fingerprint density at radius 3 is 2.64 bits per heavy atom. The number of aliphatic hydroxyl groups is 2. The zero-order chi connectivity index (χ0) is 23.2. The minimum absolute atomic E-state index is 0.0537. The second-order valence-corrected chi connectivity index (χ2v) is 9.14. The summed E-state index contributed by atoms with van der Waals surface area (Å²) in [5.74, 6) is 1.37. The summed E-state index contributed by atoms with van der Waals surface area (Å²) in [5.41, 5.74) is 0.882. The molecule has 4 atom stereocenters. The van der Waals surface area contributed by atoms with E-state index in [2.05, 4.69) is 15.3 Å². The summed E-state index contributed by atoms with van der Waals surface area (Å²) < 4.78 is 5.78. The van der Waals surface area contributed by atoms with Crippen LogP contribution in [0.25, 0.3) is 0 Å². The average Bonchev–Trinajstić information content (AvgIpc) is 3.12. The Labute approximate surface area is 195 Å². The standard InChI is InChI=1S/C25H34N4O4/c1-17(31)29-11-8-18(9-12-29)27-23-14-24(32)22(15-30)21(23)13-19-7-10-26-25(28-19)16-33-20-5-3-2-4-6-20/h2-7,10,18,21-24,27,30,32H,8-9,11-16H2,1H3. The van der Waals surface area contributed by atoms with E-state index in [4.69, 9.17) is 4.74 Å². The van der Waals surface area contributed by atoms with E-state index in [0.717, 1.165) is 37.4 Å². The summed E-state index contributed by atoms with van der Waals surface area (Å²) in [7, 11) is 0. The first-order valence-electron chi connectivity index (χ1n) is 11.8. The molecule has 0 bridgehead atoms. The number of hydrogen-bond donors (Lipinski definition) is 3. The Morgan fingerprint density at radius 1 is 1.18 bits per heavy atom. The van der Waals surface area contributed by atoms with E-state index in [0.29, 0.717) is 24.7 Å². The molecule has 2 heterocycles. The molecule has 1 amide bonds. The zero-order valence-corrected chi connectivity index (χ0v) is 19.1. The van der Waals surface area contributed by atoms with E-state index in [1.807, 2.05) is 41.3 Å². The lowest BCUT2D eigenvalue weighted by molar-refractivity contribution is -0.129. The third-order valence-electron chi connectivity index (χ3n) is 6.98. The van der Waals surface area contributed by atoms with Crippen LogP contribution in [0.5, 0.6) is 5.75 Å². The molecule has 1 aromatic carbocycles. The van der Waals surface area contributed by atoms with Gasteiger partial charge in [-0.05, 0) is 49.8 Å². The molecule has 1 aromatic heterocycles. The van der Waals surface area contributed by atoms with Crippen molar-refractivity contribution in [2.24, 2.45) is 11.8 Å². The predicted molar refractivity (Wildman–Crippen MR) is 123 cm³/mol. The molecule has 0 spiro atoms. The molecule has 4 unspecified atom stereocenters. The first-order chi connectivity index (χ1) is 16.0. The number of likely N-dealkylation sites (tertiary alicyclic amines) is 1. The summed E-state index contributed by atoms with van der Waals surface area (Å²) in [6, 6.07) is 11.9. The Bertz CT molecular complexity index is 904. The number of carbonyl (C=O) groups excluding carboxylic acids is 1. The second kappa shape index (κ2) is 11.0. The molecule has 2 aromatic rings. The highest BCUT2D eigenvalue weighted by molar-refractivity contribution is 5.73. The molecule has 1 aliphatic heterocycles. The summed E-state index contributed by atoms with van der Waals surface area (Å²) >= 11 is 0. The van der Waals surface area contributed by atoms with Crippen LogP contribution in [0.3, 0.4) is 0 Å². The Kier molecular flexibility index (Phi) is 7.90. The molecular weight excluding hydrogens is 420 g/mol. The average molecular weight is 455 g/mol. The van der Waals surface area contributed by atoms with Gasteiger partial charge in [0, 0.05) is 56.5 Å². The molecule has 178 valence electrons. The number of piperidine rings is 1. The van der Waals surface area contributed by atoms with Crippen LogP contribution in [0.1, 0.15) is 37.7 Å². The number of aliphatic hydroxyl groups excluding tert-OH is 2. The van der Waals surface area contributed by atoms with E-state index in [1.165, 1.54) is 0 Å². The minimum Gasteiger partial charge on any atom is -0.486 e. The first kappa shape index (κ1) is 23.6. The second-order valence-electron chi connectivity index (χ2n) is 9.14. The minimum atomic E-state index is -0.544. The van der Waals surface area contributed by atoms with Crippen molar-refractivity contribution >= 4 is 5.91 Å². The lowest BCUT2D eigenvalue weighted by atomic mass is 9.88.